The number of rotatable bonds is 4. The number of carbonyl (C=O) groups is 1. The van der Waals surface area contributed by atoms with Crippen LogP contribution in [0.5, 0.6) is 5.75 Å². The van der Waals surface area contributed by atoms with Crippen LogP contribution in [0.1, 0.15) is 15.9 Å². The van der Waals surface area contributed by atoms with Gasteiger partial charge >= 0.3 is 0 Å². The third kappa shape index (κ3) is 3.11. The van der Waals surface area contributed by atoms with E-state index in [1.165, 1.54) is 0 Å². The number of hydrogen-bond acceptors (Lipinski definition) is 2. The summed E-state index contributed by atoms with van der Waals surface area (Å²) in [6.45, 7) is 2.03. The Morgan fingerprint density at radius 3 is 2.52 bits per heavy atom. The lowest BCUT2D eigenvalue weighted by Crippen LogP contribution is -2.11. The van der Waals surface area contributed by atoms with Crippen molar-refractivity contribution in [3.63, 3.8) is 0 Å². The minimum absolute atomic E-state index is 0.00754. The summed E-state index contributed by atoms with van der Waals surface area (Å²) in [6, 6.07) is 21.5. The molecule has 0 atom stereocenters. The molecular weight excluding hydrogens is 260 g/mol. The maximum atomic E-state index is 12.1. The van der Waals surface area contributed by atoms with Crippen molar-refractivity contribution in [2.75, 3.05) is 6.61 Å². The number of ether oxygens (including phenoxy) is 1. The lowest BCUT2D eigenvalue weighted by molar-refractivity contribution is 0.0921. The monoisotopic (exact) mass is 276 g/mol. The molecule has 0 heterocycles. The quantitative estimate of drug-likeness (QED) is 0.660. The Morgan fingerprint density at radius 2 is 1.71 bits per heavy atom. The van der Waals surface area contributed by atoms with Gasteiger partial charge in [0.05, 0.1) is 0 Å². The zero-order chi connectivity index (χ0) is 14.7. The minimum Gasteiger partial charge on any atom is -0.485 e. The third-order valence-corrected chi connectivity index (χ3v) is 3.43. The molecule has 3 aromatic rings. The molecule has 21 heavy (non-hydrogen) atoms. The van der Waals surface area contributed by atoms with Gasteiger partial charge in [-0.3, -0.25) is 4.79 Å². The molecule has 2 heteroatoms. The average Bonchev–Trinajstić information content (AvgIpc) is 2.52. The summed E-state index contributed by atoms with van der Waals surface area (Å²) in [5, 5.41) is 2.27. The molecule has 0 aromatic heterocycles. The van der Waals surface area contributed by atoms with E-state index < -0.39 is 0 Å². The molecule has 0 radical (unpaired) electrons. The molecule has 0 amide bonds. The van der Waals surface area contributed by atoms with Gasteiger partial charge in [0.25, 0.3) is 0 Å². The number of benzene rings is 3. The maximum Gasteiger partial charge on any atom is 0.200 e. The van der Waals surface area contributed by atoms with Gasteiger partial charge in [0.1, 0.15) is 5.75 Å². The van der Waals surface area contributed by atoms with Gasteiger partial charge in [-0.05, 0) is 35.9 Å². The van der Waals surface area contributed by atoms with Crippen LogP contribution in [0.15, 0.2) is 66.7 Å². The van der Waals surface area contributed by atoms with Crippen LogP contribution in [0.2, 0.25) is 0 Å². The van der Waals surface area contributed by atoms with Crippen molar-refractivity contribution in [3.05, 3.63) is 77.9 Å². The predicted molar refractivity (Wildman–Crippen MR) is 85.0 cm³/mol. The summed E-state index contributed by atoms with van der Waals surface area (Å²) in [6.07, 6.45) is 0. The number of fused-ring (bicyclic) bond motifs is 1. The van der Waals surface area contributed by atoms with Gasteiger partial charge in [-0.1, -0.05) is 54.1 Å². The predicted octanol–water partition coefficient (Wildman–Crippen LogP) is 4.41. The second-order valence-corrected chi connectivity index (χ2v) is 5.09. The van der Waals surface area contributed by atoms with Crippen LogP contribution in [-0.2, 0) is 0 Å². The Labute approximate surface area is 124 Å². The molecular formula is C19H16O2. The normalized spacial score (nSPS) is 10.5. The molecule has 0 saturated carbocycles. The number of hydrogen-bond donors (Lipinski definition) is 0. The third-order valence-electron chi connectivity index (χ3n) is 3.43. The fourth-order valence-electron chi connectivity index (χ4n) is 2.31. The van der Waals surface area contributed by atoms with Crippen molar-refractivity contribution in [3.8, 4) is 5.75 Å². The first-order valence-corrected chi connectivity index (χ1v) is 6.94. The lowest BCUT2D eigenvalue weighted by Gasteiger charge is -2.07. The highest BCUT2D eigenvalue weighted by molar-refractivity contribution is 5.97. The van der Waals surface area contributed by atoms with Crippen LogP contribution >= 0.6 is 0 Å². The molecule has 0 spiro atoms. The molecule has 0 aliphatic heterocycles. The number of ketones is 1. The summed E-state index contributed by atoms with van der Waals surface area (Å²) in [5.41, 5.74) is 1.77. The van der Waals surface area contributed by atoms with Gasteiger partial charge in [-0.2, -0.15) is 0 Å². The Bertz CT molecular complexity index is 790. The second kappa shape index (κ2) is 5.80. The van der Waals surface area contributed by atoms with E-state index in [-0.39, 0.29) is 12.4 Å². The van der Waals surface area contributed by atoms with Gasteiger partial charge < -0.3 is 4.74 Å². The van der Waals surface area contributed by atoms with Crippen molar-refractivity contribution < 1.29 is 9.53 Å². The smallest absolute Gasteiger partial charge is 0.200 e. The Morgan fingerprint density at radius 1 is 0.905 bits per heavy atom. The first kappa shape index (κ1) is 13.4. The summed E-state index contributed by atoms with van der Waals surface area (Å²) in [4.78, 5) is 12.1. The highest BCUT2D eigenvalue weighted by Gasteiger charge is 2.07. The fraction of sp³-hybridized carbons (Fsp3) is 0.105. The topological polar surface area (TPSA) is 26.3 Å². The van der Waals surface area contributed by atoms with Crippen LogP contribution in [0, 0.1) is 6.92 Å². The van der Waals surface area contributed by atoms with E-state index in [2.05, 4.69) is 6.07 Å². The van der Waals surface area contributed by atoms with Crippen LogP contribution in [-0.4, -0.2) is 12.4 Å². The highest BCUT2D eigenvalue weighted by atomic mass is 16.5. The zero-order valence-corrected chi connectivity index (χ0v) is 11.9. The van der Waals surface area contributed by atoms with Crippen LogP contribution in [0.4, 0.5) is 0 Å². The van der Waals surface area contributed by atoms with Crippen LogP contribution < -0.4 is 4.74 Å². The number of Topliss-reactive ketones (excluding diaryl/α,β-unsaturated/α-hetero) is 1. The standard InChI is InChI=1S/C19H16O2/c1-14-5-4-8-17(11-14)19(20)13-21-18-10-9-15-6-2-3-7-16(15)12-18/h2-12H,13H2,1H3. The molecule has 3 aromatic carbocycles. The summed E-state index contributed by atoms with van der Waals surface area (Å²) >= 11 is 0. The Hall–Kier alpha value is -2.61. The van der Waals surface area contributed by atoms with Crippen molar-refractivity contribution in [2.24, 2.45) is 0 Å². The summed E-state index contributed by atoms with van der Waals surface area (Å²) < 4.78 is 5.62. The van der Waals surface area contributed by atoms with Crippen LogP contribution in [0.3, 0.4) is 0 Å². The van der Waals surface area contributed by atoms with E-state index in [4.69, 9.17) is 4.74 Å². The fourth-order valence-corrected chi connectivity index (χ4v) is 2.31. The van der Waals surface area contributed by atoms with Crippen molar-refractivity contribution in [2.45, 2.75) is 6.92 Å². The number of aryl methyl sites for hydroxylation is 1. The maximum absolute atomic E-state index is 12.1. The Kier molecular flexibility index (Phi) is 3.69. The van der Waals surface area contributed by atoms with Crippen molar-refractivity contribution in [1.29, 1.82) is 0 Å². The van der Waals surface area contributed by atoms with Gasteiger partial charge in [0.2, 0.25) is 0 Å². The molecule has 3 rings (SSSR count). The highest BCUT2D eigenvalue weighted by Crippen LogP contribution is 2.20. The van der Waals surface area contributed by atoms with E-state index >= 15 is 0 Å². The van der Waals surface area contributed by atoms with E-state index in [0.717, 1.165) is 22.1 Å². The first-order valence-electron chi connectivity index (χ1n) is 6.94. The molecule has 0 unspecified atom stereocenters. The molecule has 0 aliphatic rings. The minimum atomic E-state index is -0.00754. The van der Waals surface area contributed by atoms with Crippen LogP contribution in [0.25, 0.3) is 10.8 Å². The second-order valence-electron chi connectivity index (χ2n) is 5.09. The van der Waals surface area contributed by atoms with E-state index in [1.54, 1.807) is 0 Å². The first-order chi connectivity index (χ1) is 10.2. The lowest BCUT2D eigenvalue weighted by atomic mass is 10.1. The molecule has 2 nitrogen and oxygen atoms in total. The largest absolute Gasteiger partial charge is 0.485 e. The van der Waals surface area contributed by atoms with E-state index in [0.29, 0.717) is 5.56 Å². The molecule has 0 fully saturated rings. The van der Waals surface area contributed by atoms with E-state index in [1.807, 2.05) is 67.6 Å². The zero-order valence-electron chi connectivity index (χ0n) is 11.9. The molecule has 104 valence electrons. The average molecular weight is 276 g/mol. The van der Waals surface area contributed by atoms with E-state index in [9.17, 15) is 4.79 Å². The van der Waals surface area contributed by atoms with Gasteiger partial charge in [0, 0.05) is 5.56 Å². The number of carbonyl (C=O) groups excluding carboxylic acids is 1. The molecule has 0 aliphatic carbocycles. The molecule has 0 bridgehead atoms. The molecule has 0 N–H and O–H groups in total. The summed E-state index contributed by atoms with van der Waals surface area (Å²) in [7, 11) is 0. The van der Waals surface area contributed by atoms with Crippen molar-refractivity contribution in [1.82, 2.24) is 0 Å². The molecule has 0 saturated heterocycles. The van der Waals surface area contributed by atoms with Gasteiger partial charge in [-0.25, -0.2) is 0 Å². The van der Waals surface area contributed by atoms with Gasteiger partial charge in [0.15, 0.2) is 12.4 Å². The SMILES string of the molecule is Cc1cccc(C(=O)COc2ccc3ccccc3c2)c1. The Balaban J connectivity index is 1.72. The van der Waals surface area contributed by atoms with Gasteiger partial charge in [-0.15, -0.1) is 0 Å². The summed E-state index contributed by atoms with van der Waals surface area (Å²) in [5.74, 6) is 0.710. The van der Waals surface area contributed by atoms with Crippen molar-refractivity contribution >= 4 is 16.6 Å².